The molecule has 9 heteroatoms. The molecule has 0 amide bonds. The number of rotatable bonds is 9. The van der Waals surface area contributed by atoms with Gasteiger partial charge in [-0.15, -0.1) is 0 Å². The van der Waals surface area contributed by atoms with Crippen LogP contribution in [0.15, 0.2) is 40.1 Å². The van der Waals surface area contributed by atoms with Crippen LogP contribution in [0.3, 0.4) is 0 Å². The number of hydrogen-bond acceptors (Lipinski definition) is 7. The lowest BCUT2D eigenvalue weighted by atomic mass is 10.1. The lowest BCUT2D eigenvalue weighted by Gasteiger charge is -2.10. The molecule has 0 aliphatic carbocycles. The minimum Gasteiger partial charge on any atom is -0.473 e. The van der Waals surface area contributed by atoms with Crippen molar-refractivity contribution in [3.05, 3.63) is 59.0 Å². The molecule has 1 atom stereocenters. The van der Waals surface area contributed by atoms with Crippen LogP contribution in [0.4, 0.5) is 4.39 Å². The maximum Gasteiger partial charge on any atom is 0.213 e. The first-order chi connectivity index (χ1) is 14.9. The zero-order valence-electron chi connectivity index (χ0n) is 17.8. The quantitative estimate of drug-likeness (QED) is 0.397. The van der Waals surface area contributed by atoms with Gasteiger partial charge in [-0.1, -0.05) is 18.5 Å². The maximum absolute atomic E-state index is 13.9. The van der Waals surface area contributed by atoms with Crippen molar-refractivity contribution in [2.24, 2.45) is 10.7 Å². The molecule has 3 rings (SSSR count). The Hall–Kier alpha value is -3.33. The highest BCUT2D eigenvalue weighted by molar-refractivity contribution is 5.97. The van der Waals surface area contributed by atoms with Crippen molar-refractivity contribution in [1.29, 1.82) is 0 Å². The van der Waals surface area contributed by atoms with E-state index in [4.69, 9.17) is 15.0 Å². The van der Waals surface area contributed by atoms with Gasteiger partial charge in [-0.25, -0.2) is 9.37 Å². The van der Waals surface area contributed by atoms with Crippen LogP contribution in [0.25, 0.3) is 11.3 Å². The molecule has 0 fully saturated rings. The Morgan fingerprint density at radius 1 is 1.29 bits per heavy atom. The van der Waals surface area contributed by atoms with Crippen molar-refractivity contribution < 1.29 is 18.8 Å². The molecule has 0 bridgehead atoms. The third kappa shape index (κ3) is 5.43. The van der Waals surface area contributed by atoms with Crippen molar-refractivity contribution in [3.8, 4) is 17.1 Å². The average Bonchev–Trinajstić information content (AvgIpc) is 3.14. The first-order valence-corrected chi connectivity index (χ1v) is 10.0. The van der Waals surface area contributed by atoms with Gasteiger partial charge in [-0.05, 0) is 32.4 Å². The minimum atomic E-state index is -0.413. The lowest BCUT2D eigenvalue weighted by molar-refractivity contribution is 0.260. The number of aliphatic hydroxyl groups is 1. The number of pyridine rings is 2. The number of aromatic nitrogens is 3. The highest BCUT2D eigenvalue weighted by atomic mass is 19.1. The molecule has 0 aromatic carbocycles. The number of amidine groups is 1. The number of halogens is 1. The molecule has 0 saturated heterocycles. The minimum absolute atomic E-state index is 0.0516. The maximum atomic E-state index is 13.9. The van der Waals surface area contributed by atoms with E-state index in [1.807, 2.05) is 6.92 Å². The second kappa shape index (κ2) is 10.1. The van der Waals surface area contributed by atoms with E-state index < -0.39 is 5.82 Å². The summed E-state index contributed by atoms with van der Waals surface area (Å²) in [5, 5.41) is 13.4. The largest absolute Gasteiger partial charge is 0.473 e. The molecule has 3 aromatic rings. The van der Waals surface area contributed by atoms with Crippen LogP contribution in [-0.2, 0) is 6.61 Å². The highest BCUT2D eigenvalue weighted by Crippen LogP contribution is 2.27. The second-order valence-electron chi connectivity index (χ2n) is 7.17. The summed E-state index contributed by atoms with van der Waals surface area (Å²) in [5.41, 5.74) is 8.66. The lowest BCUT2D eigenvalue weighted by Crippen LogP contribution is -2.20. The zero-order chi connectivity index (χ0) is 22.4. The number of aliphatic imine (C=N–C) groups is 1. The topological polar surface area (TPSA) is 120 Å². The summed E-state index contributed by atoms with van der Waals surface area (Å²) in [6, 6.07) is 4.58. The van der Waals surface area contributed by atoms with E-state index in [-0.39, 0.29) is 19.3 Å². The van der Waals surface area contributed by atoms with Crippen LogP contribution < -0.4 is 10.5 Å². The van der Waals surface area contributed by atoms with Crippen LogP contribution in [0.1, 0.15) is 42.3 Å². The van der Waals surface area contributed by atoms with Crippen molar-refractivity contribution in [3.63, 3.8) is 0 Å². The van der Waals surface area contributed by atoms with Gasteiger partial charge in [-0.3, -0.25) is 9.98 Å². The van der Waals surface area contributed by atoms with Gasteiger partial charge in [0.25, 0.3) is 0 Å². The standard InChI is InChI=1S/C22H26FN5O3/c1-4-5-17(11-29)27-22(24)15-6-7-20(26-9-15)30-12-18-14(3)31-28-21(18)16-8-19(23)13(2)25-10-16/h6-10,17,29H,4-5,11-12H2,1-3H3,(H2,24,27)/t17-/m0/s1. The summed E-state index contributed by atoms with van der Waals surface area (Å²) in [4.78, 5) is 12.7. The van der Waals surface area contributed by atoms with Crippen LogP contribution in [0, 0.1) is 19.7 Å². The fourth-order valence-corrected chi connectivity index (χ4v) is 2.99. The Bertz CT molecular complexity index is 1050. The van der Waals surface area contributed by atoms with Crippen molar-refractivity contribution in [2.45, 2.75) is 46.3 Å². The molecule has 8 nitrogen and oxygen atoms in total. The van der Waals surface area contributed by atoms with E-state index in [2.05, 4.69) is 20.1 Å². The van der Waals surface area contributed by atoms with Crippen LogP contribution in [-0.4, -0.2) is 38.7 Å². The molecule has 0 radical (unpaired) electrons. The highest BCUT2D eigenvalue weighted by Gasteiger charge is 2.17. The summed E-state index contributed by atoms with van der Waals surface area (Å²) in [5.74, 6) is 0.847. The van der Waals surface area contributed by atoms with E-state index in [0.717, 1.165) is 12.8 Å². The molecule has 0 aliphatic rings. The van der Waals surface area contributed by atoms with Gasteiger partial charge >= 0.3 is 0 Å². The van der Waals surface area contributed by atoms with E-state index in [9.17, 15) is 9.50 Å². The smallest absolute Gasteiger partial charge is 0.213 e. The third-order valence-electron chi connectivity index (χ3n) is 4.83. The van der Waals surface area contributed by atoms with Gasteiger partial charge in [-0.2, -0.15) is 0 Å². The Balaban J connectivity index is 1.72. The van der Waals surface area contributed by atoms with Crippen molar-refractivity contribution in [2.75, 3.05) is 6.61 Å². The first-order valence-electron chi connectivity index (χ1n) is 10.0. The van der Waals surface area contributed by atoms with E-state index in [0.29, 0.717) is 45.6 Å². The van der Waals surface area contributed by atoms with Gasteiger partial charge in [0, 0.05) is 29.6 Å². The normalized spacial score (nSPS) is 12.7. The molecule has 0 aliphatic heterocycles. The Morgan fingerprint density at radius 2 is 2.10 bits per heavy atom. The van der Waals surface area contributed by atoms with Crippen LogP contribution >= 0.6 is 0 Å². The number of hydrogen-bond donors (Lipinski definition) is 2. The summed E-state index contributed by atoms with van der Waals surface area (Å²) in [7, 11) is 0. The molecule has 0 saturated carbocycles. The molecule has 3 N–H and O–H groups in total. The van der Waals surface area contributed by atoms with E-state index >= 15 is 0 Å². The number of ether oxygens (including phenoxy) is 1. The molecule has 0 spiro atoms. The predicted octanol–water partition coefficient (Wildman–Crippen LogP) is 3.33. The summed E-state index contributed by atoms with van der Waals surface area (Å²) in [6.45, 7) is 5.46. The molecule has 0 unspecified atom stereocenters. The molecule has 31 heavy (non-hydrogen) atoms. The van der Waals surface area contributed by atoms with Crippen molar-refractivity contribution in [1.82, 2.24) is 15.1 Å². The second-order valence-corrected chi connectivity index (χ2v) is 7.17. The summed E-state index contributed by atoms with van der Waals surface area (Å²) in [6.07, 6.45) is 4.77. The van der Waals surface area contributed by atoms with Gasteiger partial charge in [0.2, 0.25) is 5.88 Å². The zero-order valence-corrected chi connectivity index (χ0v) is 17.8. The Kier molecular flexibility index (Phi) is 7.30. The number of nitrogens with zero attached hydrogens (tertiary/aromatic N) is 4. The fraction of sp³-hybridized carbons (Fsp3) is 0.364. The van der Waals surface area contributed by atoms with Gasteiger partial charge in [0.15, 0.2) is 0 Å². The van der Waals surface area contributed by atoms with Gasteiger partial charge in [0.05, 0.1) is 23.9 Å². The van der Waals surface area contributed by atoms with E-state index in [1.54, 1.807) is 38.4 Å². The Morgan fingerprint density at radius 3 is 2.74 bits per heavy atom. The monoisotopic (exact) mass is 427 g/mol. The number of nitrogens with two attached hydrogens (primary N) is 1. The first kappa shape index (κ1) is 22.4. The van der Waals surface area contributed by atoms with Crippen LogP contribution in [0.5, 0.6) is 5.88 Å². The third-order valence-corrected chi connectivity index (χ3v) is 4.83. The molecular formula is C22H26FN5O3. The number of aliphatic hydroxyl groups excluding tert-OH is 1. The SMILES string of the molecule is CCC[C@@H](CO)N=C(N)c1ccc(OCc2c(-c3cnc(C)c(F)c3)noc2C)nc1. The summed E-state index contributed by atoms with van der Waals surface area (Å²) >= 11 is 0. The molecule has 164 valence electrons. The number of aryl methyl sites for hydroxylation is 2. The van der Waals surface area contributed by atoms with E-state index in [1.165, 1.54) is 6.07 Å². The molecule has 3 aromatic heterocycles. The summed E-state index contributed by atoms with van der Waals surface area (Å²) < 4.78 is 25.0. The molecule has 3 heterocycles. The molecular weight excluding hydrogens is 401 g/mol. The van der Waals surface area contributed by atoms with Gasteiger partial charge in [0.1, 0.15) is 29.7 Å². The van der Waals surface area contributed by atoms with Crippen LogP contribution in [0.2, 0.25) is 0 Å². The van der Waals surface area contributed by atoms with Crippen molar-refractivity contribution >= 4 is 5.84 Å². The Labute approximate surface area is 180 Å². The predicted molar refractivity (Wildman–Crippen MR) is 114 cm³/mol. The average molecular weight is 427 g/mol. The van der Waals surface area contributed by atoms with Gasteiger partial charge < -0.3 is 20.1 Å². The fourth-order valence-electron chi connectivity index (χ4n) is 2.99.